The van der Waals surface area contributed by atoms with Gasteiger partial charge in [0.2, 0.25) is 0 Å². The second-order valence-corrected chi connectivity index (χ2v) is 3.99. The van der Waals surface area contributed by atoms with Crippen molar-refractivity contribution in [1.82, 2.24) is 4.98 Å². The van der Waals surface area contributed by atoms with Crippen LogP contribution in [-0.4, -0.2) is 25.2 Å². The van der Waals surface area contributed by atoms with Gasteiger partial charge in [0.05, 0.1) is 26.8 Å². The van der Waals surface area contributed by atoms with Crippen LogP contribution in [-0.2, 0) is 22.6 Å². The van der Waals surface area contributed by atoms with Crippen molar-refractivity contribution in [3.63, 3.8) is 0 Å². The number of aromatic nitrogens is 1. The van der Waals surface area contributed by atoms with E-state index in [1.54, 1.807) is 31.5 Å². The molecule has 0 aliphatic rings. The molecule has 2 rings (SSSR count). The molecule has 0 aliphatic heterocycles. The van der Waals surface area contributed by atoms with E-state index in [-0.39, 0.29) is 19.0 Å². The molecule has 0 fully saturated rings. The Morgan fingerprint density at radius 1 is 1.30 bits per heavy atom. The van der Waals surface area contributed by atoms with Crippen molar-refractivity contribution >= 4 is 5.97 Å². The Bertz CT molecular complexity index is 565. The fourth-order valence-corrected chi connectivity index (χ4v) is 1.64. The number of carbonyl (C=O) groups is 1. The zero-order chi connectivity index (χ0) is 14.4. The molecule has 0 unspecified atom stereocenters. The Morgan fingerprint density at radius 3 is 2.80 bits per heavy atom. The maximum atomic E-state index is 11.2. The van der Waals surface area contributed by atoms with Gasteiger partial charge < -0.3 is 18.6 Å². The summed E-state index contributed by atoms with van der Waals surface area (Å²) in [6.07, 6.45) is 3.11. The van der Waals surface area contributed by atoms with E-state index in [0.29, 0.717) is 17.3 Å². The topological polar surface area (TPSA) is 70.8 Å². The quantitative estimate of drug-likeness (QED) is 0.752. The molecule has 20 heavy (non-hydrogen) atoms. The summed E-state index contributed by atoms with van der Waals surface area (Å²) >= 11 is 0. The largest absolute Gasteiger partial charge is 0.493 e. The number of carbonyl (C=O) groups excluding carboxylic acids is 1. The zero-order valence-corrected chi connectivity index (χ0v) is 11.3. The van der Waals surface area contributed by atoms with Crippen molar-refractivity contribution in [2.24, 2.45) is 0 Å². The van der Waals surface area contributed by atoms with Crippen molar-refractivity contribution in [3.8, 4) is 11.5 Å². The fourth-order valence-electron chi connectivity index (χ4n) is 1.64. The van der Waals surface area contributed by atoms with Crippen molar-refractivity contribution in [1.29, 1.82) is 0 Å². The van der Waals surface area contributed by atoms with E-state index in [1.165, 1.54) is 13.5 Å². The molecular weight excluding hydrogens is 262 g/mol. The average Bonchev–Trinajstić information content (AvgIpc) is 2.98. The minimum Gasteiger partial charge on any atom is -0.493 e. The number of ether oxygens (including phenoxy) is 3. The third kappa shape index (κ3) is 3.50. The summed E-state index contributed by atoms with van der Waals surface area (Å²) in [6, 6.07) is 5.27. The molecule has 0 aliphatic carbocycles. The summed E-state index contributed by atoms with van der Waals surface area (Å²) in [5, 5.41) is 0. The van der Waals surface area contributed by atoms with Gasteiger partial charge >= 0.3 is 5.97 Å². The predicted octanol–water partition coefficient (Wildman–Crippen LogP) is 1.98. The summed E-state index contributed by atoms with van der Waals surface area (Å²) in [5.74, 6) is 1.43. The number of methoxy groups -OCH3 is 2. The molecule has 0 radical (unpaired) electrons. The highest BCUT2D eigenvalue weighted by atomic mass is 16.5. The van der Waals surface area contributed by atoms with E-state index in [0.717, 1.165) is 5.56 Å². The highest BCUT2D eigenvalue weighted by Gasteiger charge is 2.10. The Hall–Kier alpha value is -2.50. The second-order valence-electron chi connectivity index (χ2n) is 3.99. The average molecular weight is 277 g/mol. The van der Waals surface area contributed by atoms with Gasteiger partial charge in [-0.1, -0.05) is 6.07 Å². The van der Waals surface area contributed by atoms with Gasteiger partial charge in [0, 0.05) is 0 Å². The Kier molecular flexibility index (Phi) is 4.60. The standard InChI is InChI=1S/C14H15NO5/c1-17-13-5-10(6-14(16)18-2)3-4-12(13)19-8-11-7-15-9-20-11/h3-5,7,9H,6,8H2,1-2H3. The summed E-state index contributed by atoms with van der Waals surface area (Å²) in [4.78, 5) is 15.0. The van der Waals surface area contributed by atoms with Crippen LogP contribution in [0.25, 0.3) is 0 Å². The van der Waals surface area contributed by atoms with Crippen LogP contribution >= 0.6 is 0 Å². The number of nitrogens with zero attached hydrogens (tertiary/aromatic N) is 1. The fraction of sp³-hybridized carbons (Fsp3) is 0.286. The lowest BCUT2D eigenvalue weighted by molar-refractivity contribution is -0.139. The van der Waals surface area contributed by atoms with E-state index >= 15 is 0 Å². The Labute approximate surface area is 116 Å². The molecular formula is C14H15NO5. The third-order valence-corrected chi connectivity index (χ3v) is 2.66. The van der Waals surface area contributed by atoms with Gasteiger partial charge in [-0.15, -0.1) is 0 Å². The van der Waals surface area contributed by atoms with Crippen molar-refractivity contribution in [3.05, 3.63) is 42.1 Å². The molecule has 0 N–H and O–H groups in total. The van der Waals surface area contributed by atoms with Crippen molar-refractivity contribution in [2.75, 3.05) is 14.2 Å². The molecule has 1 aromatic heterocycles. The normalized spacial score (nSPS) is 10.1. The molecule has 1 aromatic carbocycles. The molecule has 0 amide bonds. The van der Waals surface area contributed by atoms with Crippen molar-refractivity contribution < 1.29 is 23.4 Å². The van der Waals surface area contributed by atoms with E-state index < -0.39 is 0 Å². The van der Waals surface area contributed by atoms with Crippen LogP contribution in [0.3, 0.4) is 0 Å². The van der Waals surface area contributed by atoms with Crippen molar-refractivity contribution in [2.45, 2.75) is 13.0 Å². The first kappa shape index (κ1) is 13.9. The number of esters is 1. The molecule has 6 nitrogen and oxygen atoms in total. The summed E-state index contributed by atoms with van der Waals surface area (Å²) < 4.78 is 20.5. The SMILES string of the molecule is COC(=O)Cc1ccc(OCc2cnco2)c(OC)c1. The molecule has 106 valence electrons. The van der Waals surface area contributed by atoms with E-state index in [9.17, 15) is 4.79 Å². The first-order chi connectivity index (χ1) is 9.72. The summed E-state index contributed by atoms with van der Waals surface area (Å²) in [6.45, 7) is 0.257. The molecule has 0 spiro atoms. The molecule has 1 heterocycles. The Morgan fingerprint density at radius 2 is 2.15 bits per heavy atom. The van der Waals surface area contributed by atoms with E-state index in [4.69, 9.17) is 13.9 Å². The van der Waals surface area contributed by atoms with Crippen LogP contribution in [0.15, 0.2) is 35.2 Å². The minimum absolute atomic E-state index is 0.190. The second kappa shape index (κ2) is 6.60. The molecule has 0 saturated heterocycles. The van der Waals surface area contributed by atoms with Crippen LogP contribution in [0, 0.1) is 0 Å². The summed E-state index contributed by atoms with van der Waals surface area (Å²) in [7, 11) is 2.90. The predicted molar refractivity (Wildman–Crippen MR) is 69.5 cm³/mol. The van der Waals surface area contributed by atoms with Gasteiger partial charge in [-0.25, -0.2) is 4.98 Å². The number of hydrogen-bond acceptors (Lipinski definition) is 6. The number of hydrogen-bond donors (Lipinski definition) is 0. The molecule has 6 heteroatoms. The molecule has 0 bridgehead atoms. The number of benzene rings is 1. The van der Waals surface area contributed by atoms with Gasteiger partial charge in [-0.05, 0) is 17.7 Å². The zero-order valence-electron chi connectivity index (χ0n) is 11.3. The lowest BCUT2D eigenvalue weighted by Gasteiger charge is -2.11. The van der Waals surface area contributed by atoms with E-state index in [1.807, 2.05) is 0 Å². The maximum absolute atomic E-state index is 11.2. The van der Waals surface area contributed by atoms with Crippen LogP contribution < -0.4 is 9.47 Å². The number of oxazole rings is 1. The lowest BCUT2D eigenvalue weighted by Crippen LogP contribution is -2.05. The van der Waals surface area contributed by atoms with Gasteiger partial charge in [0.25, 0.3) is 0 Å². The first-order valence-electron chi connectivity index (χ1n) is 5.97. The minimum atomic E-state index is -0.303. The molecule has 2 aromatic rings. The smallest absolute Gasteiger partial charge is 0.309 e. The van der Waals surface area contributed by atoms with Gasteiger partial charge in [0.15, 0.2) is 23.7 Å². The van der Waals surface area contributed by atoms with Gasteiger partial charge in [0.1, 0.15) is 6.61 Å². The van der Waals surface area contributed by atoms with E-state index in [2.05, 4.69) is 9.72 Å². The highest BCUT2D eigenvalue weighted by Crippen LogP contribution is 2.29. The monoisotopic (exact) mass is 277 g/mol. The molecule has 0 saturated carbocycles. The van der Waals surface area contributed by atoms with Crippen LogP contribution in [0.4, 0.5) is 0 Å². The van der Waals surface area contributed by atoms with Gasteiger partial charge in [-0.3, -0.25) is 4.79 Å². The third-order valence-electron chi connectivity index (χ3n) is 2.66. The molecule has 0 atom stereocenters. The van der Waals surface area contributed by atoms with Crippen LogP contribution in [0.5, 0.6) is 11.5 Å². The summed E-state index contributed by atoms with van der Waals surface area (Å²) in [5.41, 5.74) is 0.792. The first-order valence-corrected chi connectivity index (χ1v) is 5.97. The van der Waals surface area contributed by atoms with Gasteiger partial charge in [-0.2, -0.15) is 0 Å². The van der Waals surface area contributed by atoms with Crippen LogP contribution in [0.1, 0.15) is 11.3 Å². The lowest BCUT2D eigenvalue weighted by atomic mass is 10.1. The highest BCUT2D eigenvalue weighted by molar-refractivity contribution is 5.72. The number of rotatable bonds is 6. The maximum Gasteiger partial charge on any atom is 0.309 e. The van der Waals surface area contributed by atoms with Crippen LogP contribution in [0.2, 0.25) is 0 Å². The Balaban J connectivity index is 2.07.